The third-order valence-corrected chi connectivity index (χ3v) is 9.66. The zero-order chi connectivity index (χ0) is 27.1. The minimum Gasteiger partial charge on any atom is -0.255 e. The maximum absolute atomic E-state index is 5.04. The SMILES string of the molecule is CC(C)c1c(-c2ccc(CC(C)(C)C)cc2)sc2c(-c3cc(C4CCCCC4)c4ccccc4c3)nccc12. The van der Waals surface area contributed by atoms with E-state index in [4.69, 9.17) is 4.98 Å². The van der Waals surface area contributed by atoms with Crippen LogP contribution in [-0.2, 0) is 6.42 Å². The van der Waals surface area contributed by atoms with Gasteiger partial charge in [-0.3, -0.25) is 4.98 Å². The Morgan fingerprint density at radius 2 is 1.59 bits per heavy atom. The third-order valence-electron chi connectivity index (χ3n) is 8.38. The molecule has 0 unspecified atom stereocenters. The molecule has 1 aliphatic carbocycles. The van der Waals surface area contributed by atoms with Gasteiger partial charge in [0.25, 0.3) is 0 Å². The van der Waals surface area contributed by atoms with Gasteiger partial charge in [0.15, 0.2) is 0 Å². The van der Waals surface area contributed by atoms with Crippen molar-refractivity contribution < 1.29 is 0 Å². The molecule has 200 valence electrons. The zero-order valence-electron chi connectivity index (χ0n) is 24.2. The van der Waals surface area contributed by atoms with E-state index in [1.54, 1.807) is 0 Å². The van der Waals surface area contributed by atoms with Gasteiger partial charge in [-0.2, -0.15) is 0 Å². The molecule has 2 aromatic heterocycles. The second-order valence-corrected chi connectivity index (χ2v) is 14.1. The summed E-state index contributed by atoms with van der Waals surface area (Å²) in [5.74, 6) is 1.09. The van der Waals surface area contributed by atoms with Gasteiger partial charge in [0.05, 0.1) is 10.4 Å². The van der Waals surface area contributed by atoms with Crippen molar-refractivity contribution in [3.8, 4) is 21.7 Å². The van der Waals surface area contributed by atoms with Gasteiger partial charge in [-0.1, -0.05) is 102 Å². The molecule has 0 saturated heterocycles. The Balaban J connectivity index is 1.50. The molecule has 39 heavy (non-hydrogen) atoms. The van der Waals surface area contributed by atoms with Gasteiger partial charge in [-0.15, -0.1) is 11.3 Å². The number of aromatic nitrogens is 1. The predicted molar refractivity (Wildman–Crippen MR) is 171 cm³/mol. The van der Waals surface area contributed by atoms with Crippen LogP contribution in [0.2, 0.25) is 0 Å². The first kappa shape index (κ1) is 26.3. The fourth-order valence-corrected chi connectivity index (χ4v) is 8.12. The number of pyridine rings is 1. The average Bonchev–Trinajstić information content (AvgIpc) is 3.33. The summed E-state index contributed by atoms with van der Waals surface area (Å²) >= 11 is 1.93. The van der Waals surface area contributed by atoms with Crippen LogP contribution in [0.25, 0.3) is 42.6 Å². The summed E-state index contributed by atoms with van der Waals surface area (Å²) in [7, 11) is 0. The number of fused-ring (bicyclic) bond motifs is 2. The first-order valence-electron chi connectivity index (χ1n) is 14.8. The topological polar surface area (TPSA) is 12.9 Å². The summed E-state index contributed by atoms with van der Waals surface area (Å²) in [6.45, 7) is 11.6. The summed E-state index contributed by atoms with van der Waals surface area (Å²) in [5, 5.41) is 4.12. The van der Waals surface area contributed by atoms with E-state index in [1.807, 2.05) is 17.5 Å². The Labute approximate surface area is 238 Å². The molecule has 2 heterocycles. The summed E-state index contributed by atoms with van der Waals surface area (Å²) in [6, 6.07) is 25.4. The molecule has 0 aliphatic heterocycles. The molecule has 0 N–H and O–H groups in total. The molecule has 1 saturated carbocycles. The standard InChI is InChI=1S/C37H41NS/c1-24(2)33-31-19-20-38-34(36(31)39-35(33)27-17-15-25(16-18-27)23-37(3,4)5)29-21-28-13-9-10-14-30(28)32(22-29)26-11-7-6-8-12-26/h9-10,13-22,24,26H,6-8,11-12,23H2,1-5H3. The normalized spacial score (nSPS) is 15.0. The van der Waals surface area contributed by atoms with Crippen LogP contribution in [-0.4, -0.2) is 4.98 Å². The number of thiophene rings is 1. The summed E-state index contributed by atoms with van der Waals surface area (Å²) in [6.07, 6.45) is 9.79. The highest BCUT2D eigenvalue weighted by Crippen LogP contribution is 2.46. The Morgan fingerprint density at radius 3 is 2.31 bits per heavy atom. The summed E-state index contributed by atoms with van der Waals surface area (Å²) in [4.78, 5) is 6.44. The fraction of sp³-hybridized carbons (Fsp3) is 0.378. The van der Waals surface area contributed by atoms with E-state index < -0.39 is 0 Å². The quantitative estimate of drug-likeness (QED) is 0.220. The molecule has 0 spiro atoms. The minimum atomic E-state index is 0.291. The fourth-order valence-electron chi connectivity index (χ4n) is 6.65. The maximum atomic E-state index is 5.04. The third kappa shape index (κ3) is 5.29. The largest absolute Gasteiger partial charge is 0.255 e. The van der Waals surface area contributed by atoms with Gasteiger partial charge >= 0.3 is 0 Å². The van der Waals surface area contributed by atoms with Crippen molar-refractivity contribution in [1.82, 2.24) is 4.98 Å². The lowest BCUT2D eigenvalue weighted by atomic mass is 9.81. The van der Waals surface area contributed by atoms with E-state index in [-0.39, 0.29) is 0 Å². The molecular formula is C37H41NS. The lowest BCUT2D eigenvalue weighted by molar-refractivity contribution is 0.411. The van der Waals surface area contributed by atoms with Crippen LogP contribution in [0.4, 0.5) is 0 Å². The van der Waals surface area contributed by atoms with Crippen molar-refractivity contribution in [2.24, 2.45) is 5.41 Å². The molecule has 0 atom stereocenters. The number of nitrogens with zero attached hydrogens (tertiary/aromatic N) is 1. The van der Waals surface area contributed by atoms with Crippen LogP contribution in [0.15, 0.2) is 72.9 Å². The maximum Gasteiger partial charge on any atom is 0.0880 e. The number of rotatable bonds is 5. The van der Waals surface area contributed by atoms with Crippen LogP contribution in [0.1, 0.15) is 95.2 Å². The molecule has 1 aliphatic rings. The lowest BCUT2D eigenvalue weighted by Crippen LogP contribution is -2.08. The van der Waals surface area contributed by atoms with E-state index >= 15 is 0 Å². The Bertz CT molecular complexity index is 1610. The van der Waals surface area contributed by atoms with Gasteiger partial charge in [0.1, 0.15) is 0 Å². The first-order chi connectivity index (χ1) is 18.8. The predicted octanol–water partition coefficient (Wildman–Crippen LogP) is 11.5. The van der Waals surface area contributed by atoms with E-state index in [1.165, 1.54) is 85.7 Å². The summed E-state index contributed by atoms with van der Waals surface area (Å²) in [5.41, 5.74) is 8.41. The molecule has 5 aromatic rings. The highest BCUT2D eigenvalue weighted by atomic mass is 32.1. The van der Waals surface area contributed by atoms with Gasteiger partial charge in [-0.25, -0.2) is 0 Å². The smallest absolute Gasteiger partial charge is 0.0880 e. The molecule has 6 rings (SSSR count). The Hall–Kier alpha value is -2.97. The number of benzene rings is 3. The highest BCUT2D eigenvalue weighted by molar-refractivity contribution is 7.23. The molecule has 1 nitrogen and oxygen atoms in total. The molecule has 1 fully saturated rings. The van der Waals surface area contributed by atoms with Gasteiger partial charge in [0.2, 0.25) is 0 Å². The Morgan fingerprint density at radius 1 is 0.846 bits per heavy atom. The van der Waals surface area contributed by atoms with Crippen molar-refractivity contribution >= 4 is 32.2 Å². The molecule has 0 radical (unpaired) electrons. The van der Waals surface area contributed by atoms with E-state index in [2.05, 4.69) is 101 Å². The van der Waals surface area contributed by atoms with Crippen molar-refractivity contribution in [1.29, 1.82) is 0 Å². The second kappa shape index (κ2) is 10.5. The van der Waals surface area contributed by atoms with Crippen molar-refractivity contribution in [3.63, 3.8) is 0 Å². The van der Waals surface area contributed by atoms with Crippen LogP contribution >= 0.6 is 11.3 Å². The molecule has 3 aromatic carbocycles. The number of hydrogen-bond acceptors (Lipinski definition) is 2. The minimum absolute atomic E-state index is 0.291. The molecular weight excluding hydrogens is 490 g/mol. The van der Waals surface area contributed by atoms with E-state index in [0.717, 1.165) is 12.1 Å². The molecule has 2 heteroatoms. The monoisotopic (exact) mass is 531 g/mol. The van der Waals surface area contributed by atoms with Crippen molar-refractivity contribution in [2.75, 3.05) is 0 Å². The Kier molecular flexibility index (Phi) is 7.10. The van der Waals surface area contributed by atoms with Gasteiger partial charge in [0, 0.05) is 22.0 Å². The van der Waals surface area contributed by atoms with Crippen molar-refractivity contribution in [2.45, 2.75) is 85.0 Å². The van der Waals surface area contributed by atoms with Crippen LogP contribution < -0.4 is 0 Å². The number of hydrogen-bond donors (Lipinski definition) is 0. The zero-order valence-corrected chi connectivity index (χ0v) is 25.0. The first-order valence-corrected chi connectivity index (χ1v) is 15.6. The van der Waals surface area contributed by atoms with Crippen LogP contribution in [0.3, 0.4) is 0 Å². The van der Waals surface area contributed by atoms with Gasteiger partial charge < -0.3 is 0 Å². The van der Waals surface area contributed by atoms with E-state index in [9.17, 15) is 0 Å². The van der Waals surface area contributed by atoms with Gasteiger partial charge in [-0.05, 0) is 87.7 Å². The average molecular weight is 532 g/mol. The molecule has 0 amide bonds. The van der Waals surface area contributed by atoms with Crippen LogP contribution in [0.5, 0.6) is 0 Å². The van der Waals surface area contributed by atoms with E-state index in [0.29, 0.717) is 17.3 Å². The lowest BCUT2D eigenvalue weighted by Gasteiger charge is -2.24. The van der Waals surface area contributed by atoms with Crippen LogP contribution in [0, 0.1) is 5.41 Å². The molecule has 0 bridgehead atoms. The summed E-state index contributed by atoms with van der Waals surface area (Å²) < 4.78 is 1.32. The van der Waals surface area contributed by atoms with Crippen molar-refractivity contribution in [3.05, 3.63) is 89.6 Å². The second-order valence-electron chi connectivity index (χ2n) is 13.1. The highest BCUT2D eigenvalue weighted by Gasteiger charge is 2.23.